The molecule has 80 valence electrons. The van der Waals surface area contributed by atoms with Gasteiger partial charge >= 0.3 is 97.9 Å². The molecule has 0 spiro atoms. The molecule has 0 N–H and O–H groups in total. The third-order valence-electron chi connectivity index (χ3n) is 3.79. The summed E-state index contributed by atoms with van der Waals surface area (Å²) >= 11 is 0.576. The second kappa shape index (κ2) is 3.50. The van der Waals surface area contributed by atoms with Gasteiger partial charge in [-0.05, 0) is 0 Å². The number of hydrogen-bond acceptors (Lipinski definition) is 0. The molecule has 2 aromatic rings. The van der Waals surface area contributed by atoms with E-state index in [1.807, 2.05) is 0 Å². The molecule has 0 nitrogen and oxygen atoms in total. The standard InChI is InChI=1S/C14H18Se/c1-7-8(2)10(4)14-13(9(7)3)11(5)12(6)15-14/h1-6H3. The average molecular weight is 265 g/mol. The van der Waals surface area contributed by atoms with Gasteiger partial charge in [0, 0.05) is 0 Å². The molecule has 0 aliphatic heterocycles. The first kappa shape index (κ1) is 11.0. The van der Waals surface area contributed by atoms with Crippen molar-refractivity contribution in [2.45, 2.75) is 41.5 Å². The molecule has 1 aromatic carbocycles. The molecule has 0 unspecified atom stereocenters. The first-order valence-electron chi connectivity index (χ1n) is 5.41. The minimum absolute atomic E-state index is 0.576. The fourth-order valence-corrected chi connectivity index (χ4v) is 4.94. The molecule has 0 saturated carbocycles. The monoisotopic (exact) mass is 266 g/mol. The molecule has 0 bridgehead atoms. The molecular formula is C14H18Se. The van der Waals surface area contributed by atoms with Crippen LogP contribution in [0.15, 0.2) is 0 Å². The van der Waals surface area contributed by atoms with Crippen LogP contribution in [0.2, 0.25) is 0 Å². The first-order chi connectivity index (χ1) is 6.95. The Morgan fingerprint density at radius 2 is 1.13 bits per heavy atom. The van der Waals surface area contributed by atoms with E-state index in [0.29, 0.717) is 14.5 Å². The molecule has 0 aliphatic carbocycles. The Morgan fingerprint density at radius 3 is 1.73 bits per heavy atom. The normalized spacial score (nSPS) is 11.3. The van der Waals surface area contributed by atoms with Gasteiger partial charge < -0.3 is 0 Å². The molecule has 0 amide bonds. The second-order valence-electron chi connectivity index (χ2n) is 4.49. The van der Waals surface area contributed by atoms with Crippen LogP contribution in [0.5, 0.6) is 0 Å². The van der Waals surface area contributed by atoms with E-state index in [4.69, 9.17) is 0 Å². The van der Waals surface area contributed by atoms with Gasteiger partial charge in [-0.3, -0.25) is 0 Å². The minimum atomic E-state index is 0.576. The number of hydrogen-bond donors (Lipinski definition) is 0. The zero-order valence-corrected chi connectivity index (χ0v) is 12.1. The predicted octanol–water partition coefficient (Wildman–Crippen LogP) is 3.75. The third kappa shape index (κ3) is 1.41. The average Bonchev–Trinajstić information content (AvgIpc) is 2.50. The van der Waals surface area contributed by atoms with Crippen molar-refractivity contribution in [2.75, 3.05) is 0 Å². The van der Waals surface area contributed by atoms with E-state index >= 15 is 0 Å². The summed E-state index contributed by atoms with van der Waals surface area (Å²) in [5.41, 5.74) is 7.55. The van der Waals surface area contributed by atoms with Crippen LogP contribution in [0, 0.1) is 41.5 Å². The van der Waals surface area contributed by atoms with Crippen molar-refractivity contribution in [3.05, 3.63) is 32.3 Å². The summed E-state index contributed by atoms with van der Waals surface area (Å²) in [5, 5.41) is 1.56. The van der Waals surface area contributed by atoms with Crippen molar-refractivity contribution < 1.29 is 0 Å². The molecule has 1 heteroatoms. The Morgan fingerprint density at radius 1 is 0.600 bits per heavy atom. The van der Waals surface area contributed by atoms with Crippen LogP contribution in [0.25, 0.3) is 9.65 Å². The van der Waals surface area contributed by atoms with Gasteiger partial charge in [0.15, 0.2) is 0 Å². The van der Waals surface area contributed by atoms with Crippen molar-refractivity contribution in [3.63, 3.8) is 0 Å². The molecule has 0 aliphatic rings. The van der Waals surface area contributed by atoms with Gasteiger partial charge in [-0.2, -0.15) is 0 Å². The summed E-state index contributed by atoms with van der Waals surface area (Å²) in [4.78, 5) is 0. The predicted molar refractivity (Wildman–Crippen MR) is 69.3 cm³/mol. The van der Waals surface area contributed by atoms with Gasteiger partial charge in [-0.25, -0.2) is 0 Å². The Bertz CT molecular complexity index is 544. The zero-order valence-electron chi connectivity index (χ0n) is 10.4. The number of rotatable bonds is 0. The van der Waals surface area contributed by atoms with Crippen LogP contribution in [0.4, 0.5) is 0 Å². The van der Waals surface area contributed by atoms with Gasteiger partial charge in [0.1, 0.15) is 0 Å². The summed E-state index contributed by atoms with van der Waals surface area (Å²) in [6.07, 6.45) is 0. The second-order valence-corrected chi connectivity index (χ2v) is 7.06. The van der Waals surface area contributed by atoms with E-state index < -0.39 is 0 Å². The van der Waals surface area contributed by atoms with Gasteiger partial charge in [-0.15, -0.1) is 0 Å². The van der Waals surface area contributed by atoms with Crippen LogP contribution in [-0.2, 0) is 0 Å². The van der Waals surface area contributed by atoms with Crippen molar-refractivity contribution in [1.29, 1.82) is 0 Å². The summed E-state index contributed by atoms with van der Waals surface area (Å²) < 4.78 is 3.24. The number of fused-ring (bicyclic) bond motifs is 1. The molecule has 2 rings (SSSR count). The summed E-state index contributed by atoms with van der Waals surface area (Å²) in [7, 11) is 0. The summed E-state index contributed by atoms with van der Waals surface area (Å²) in [5.74, 6) is 0. The summed E-state index contributed by atoms with van der Waals surface area (Å²) in [6, 6.07) is 0. The number of aryl methyl sites for hydroxylation is 4. The van der Waals surface area contributed by atoms with Crippen LogP contribution in [0.1, 0.15) is 32.3 Å². The van der Waals surface area contributed by atoms with Crippen LogP contribution in [-0.4, -0.2) is 14.5 Å². The van der Waals surface area contributed by atoms with E-state index in [0.717, 1.165) is 0 Å². The maximum absolute atomic E-state index is 2.29. The van der Waals surface area contributed by atoms with E-state index in [9.17, 15) is 0 Å². The fraction of sp³-hybridized carbons (Fsp3) is 0.429. The molecule has 0 fully saturated rings. The molecule has 1 heterocycles. The van der Waals surface area contributed by atoms with Gasteiger partial charge in [0.2, 0.25) is 0 Å². The van der Waals surface area contributed by atoms with Crippen molar-refractivity contribution in [2.24, 2.45) is 0 Å². The molecule has 0 radical (unpaired) electrons. The molecular weight excluding hydrogens is 247 g/mol. The van der Waals surface area contributed by atoms with E-state index in [2.05, 4.69) is 41.5 Å². The summed E-state index contributed by atoms with van der Waals surface area (Å²) in [6.45, 7) is 13.7. The van der Waals surface area contributed by atoms with Crippen LogP contribution in [0.3, 0.4) is 0 Å². The van der Waals surface area contributed by atoms with E-state index in [-0.39, 0.29) is 0 Å². The maximum atomic E-state index is 2.29. The molecule has 0 atom stereocenters. The van der Waals surface area contributed by atoms with Crippen molar-refractivity contribution in [1.82, 2.24) is 0 Å². The zero-order chi connectivity index (χ0) is 11.3. The quantitative estimate of drug-likeness (QED) is 0.636. The van der Waals surface area contributed by atoms with Gasteiger partial charge in [0.25, 0.3) is 0 Å². The SMILES string of the molecule is Cc1[se]c2c(C)c(C)c(C)c(C)c2c1C. The Balaban J connectivity index is 3.07. The molecule has 1 aromatic heterocycles. The molecule has 15 heavy (non-hydrogen) atoms. The van der Waals surface area contributed by atoms with Crippen molar-refractivity contribution >= 4 is 24.1 Å². The Labute approximate surface area is 98.1 Å². The van der Waals surface area contributed by atoms with E-state index in [1.165, 1.54) is 27.8 Å². The third-order valence-corrected chi connectivity index (χ3v) is 6.57. The number of benzene rings is 1. The first-order valence-corrected chi connectivity index (χ1v) is 7.12. The van der Waals surface area contributed by atoms with Crippen molar-refractivity contribution in [3.8, 4) is 0 Å². The molecule has 0 saturated heterocycles. The Kier molecular flexibility index (Phi) is 2.56. The fourth-order valence-electron chi connectivity index (χ4n) is 2.26. The Hall–Kier alpha value is -0.521. The van der Waals surface area contributed by atoms with Crippen LogP contribution >= 0.6 is 0 Å². The van der Waals surface area contributed by atoms with Gasteiger partial charge in [-0.1, -0.05) is 0 Å². The van der Waals surface area contributed by atoms with E-state index in [1.54, 1.807) is 14.1 Å². The topological polar surface area (TPSA) is 0 Å². The van der Waals surface area contributed by atoms with Crippen LogP contribution < -0.4 is 0 Å². The van der Waals surface area contributed by atoms with Gasteiger partial charge in [0.05, 0.1) is 0 Å².